The summed E-state index contributed by atoms with van der Waals surface area (Å²) in [6.07, 6.45) is 3.79. The van der Waals surface area contributed by atoms with E-state index in [2.05, 4.69) is 37.9 Å². The molecular weight excluding hydrogens is 186 g/mol. The summed E-state index contributed by atoms with van der Waals surface area (Å²) in [5, 5.41) is 0. The van der Waals surface area contributed by atoms with E-state index < -0.39 is 0 Å². The average molecular weight is 215 g/mol. The van der Waals surface area contributed by atoms with Crippen molar-refractivity contribution in [3.63, 3.8) is 0 Å². The monoisotopic (exact) mass is 215 g/mol. The maximum Gasteiger partial charge on any atom is -0.000960 e. The number of nitrogens with zero attached hydrogens (tertiary/aromatic N) is 2. The van der Waals surface area contributed by atoms with Crippen molar-refractivity contribution in [1.29, 1.82) is 0 Å². The predicted molar refractivity (Wildman–Crippen MR) is 68.1 cm³/mol. The van der Waals surface area contributed by atoms with Gasteiger partial charge in [-0.25, -0.2) is 0 Å². The minimum absolute atomic E-state index is 0.681. The van der Waals surface area contributed by atoms with E-state index in [1.165, 1.54) is 38.9 Å². The molecule has 0 saturated heterocycles. The van der Waals surface area contributed by atoms with Crippen LogP contribution < -0.4 is 5.73 Å². The van der Waals surface area contributed by atoms with Gasteiger partial charge in [0.05, 0.1) is 0 Å². The standard InChI is InChI=1S/C12H29N3/c1-12(11-13)7-5-9-15(4)10-6-8-14(2)3/h12H,5-11,13H2,1-4H3. The molecule has 0 aliphatic heterocycles. The lowest BCUT2D eigenvalue weighted by Gasteiger charge is -2.18. The minimum atomic E-state index is 0.681. The van der Waals surface area contributed by atoms with Crippen molar-refractivity contribution in [2.75, 3.05) is 47.3 Å². The Hall–Kier alpha value is -0.120. The summed E-state index contributed by atoms with van der Waals surface area (Å²) in [4.78, 5) is 4.66. The molecule has 0 aliphatic carbocycles. The smallest absolute Gasteiger partial charge is 0.000960 e. The van der Waals surface area contributed by atoms with Gasteiger partial charge in [0.1, 0.15) is 0 Å². The molecule has 0 rings (SSSR count). The van der Waals surface area contributed by atoms with Gasteiger partial charge in [-0.2, -0.15) is 0 Å². The van der Waals surface area contributed by atoms with Crippen LogP contribution >= 0.6 is 0 Å². The molecule has 1 unspecified atom stereocenters. The molecule has 0 saturated carbocycles. The molecular formula is C12H29N3. The Bertz CT molecular complexity index is 137. The van der Waals surface area contributed by atoms with E-state index in [1.807, 2.05) is 0 Å². The first-order valence-corrected chi connectivity index (χ1v) is 6.09. The molecule has 0 heterocycles. The van der Waals surface area contributed by atoms with Crippen LogP contribution in [0.1, 0.15) is 26.2 Å². The molecule has 0 spiro atoms. The van der Waals surface area contributed by atoms with Crippen molar-refractivity contribution in [1.82, 2.24) is 9.80 Å². The number of nitrogens with two attached hydrogens (primary N) is 1. The summed E-state index contributed by atoms with van der Waals surface area (Å²) in [6.45, 7) is 6.65. The predicted octanol–water partition coefficient (Wildman–Crippen LogP) is 1.24. The Balaban J connectivity index is 3.29. The Kier molecular flexibility index (Phi) is 9.06. The highest BCUT2D eigenvalue weighted by atomic mass is 15.1. The lowest BCUT2D eigenvalue weighted by molar-refractivity contribution is 0.289. The topological polar surface area (TPSA) is 32.5 Å². The molecule has 1 atom stereocenters. The summed E-state index contributed by atoms with van der Waals surface area (Å²) in [5.74, 6) is 0.681. The molecule has 0 radical (unpaired) electrons. The highest BCUT2D eigenvalue weighted by Gasteiger charge is 2.01. The van der Waals surface area contributed by atoms with Crippen molar-refractivity contribution < 1.29 is 0 Å². The number of hydrogen-bond acceptors (Lipinski definition) is 3. The largest absolute Gasteiger partial charge is 0.330 e. The quantitative estimate of drug-likeness (QED) is 0.628. The fourth-order valence-electron chi connectivity index (χ4n) is 1.60. The molecule has 92 valence electrons. The van der Waals surface area contributed by atoms with Gasteiger partial charge in [0.2, 0.25) is 0 Å². The Morgan fingerprint density at radius 2 is 1.60 bits per heavy atom. The van der Waals surface area contributed by atoms with Gasteiger partial charge in [-0.1, -0.05) is 6.92 Å². The van der Waals surface area contributed by atoms with E-state index in [0.717, 1.165) is 6.54 Å². The van der Waals surface area contributed by atoms with Crippen LogP contribution in [0.3, 0.4) is 0 Å². The van der Waals surface area contributed by atoms with Crippen LogP contribution in [0.5, 0.6) is 0 Å². The van der Waals surface area contributed by atoms with Crippen molar-refractivity contribution in [3.8, 4) is 0 Å². The van der Waals surface area contributed by atoms with Crippen LogP contribution in [-0.2, 0) is 0 Å². The van der Waals surface area contributed by atoms with Crippen molar-refractivity contribution >= 4 is 0 Å². The van der Waals surface area contributed by atoms with Crippen molar-refractivity contribution in [3.05, 3.63) is 0 Å². The van der Waals surface area contributed by atoms with E-state index in [1.54, 1.807) is 0 Å². The third kappa shape index (κ3) is 10.2. The van der Waals surface area contributed by atoms with Gasteiger partial charge in [-0.05, 0) is 72.5 Å². The van der Waals surface area contributed by atoms with Gasteiger partial charge in [0.25, 0.3) is 0 Å². The number of rotatable bonds is 9. The molecule has 0 aromatic rings. The lowest BCUT2D eigenvalue weighted by Crippen LogP contribution is -2.25. The molecule has 0 fully saturated rings. The second-order valence-electron chi connectivity index (χ2n) is 4.94. The van der Waals surface area contributed by atoms with E-state index in [-0.39, 0.29) is 0 Å². The minimum Gasteiger partial charge on any atom is -0.330 e. The molecule has 0 amide bonds. The zero-order valence-electron chi connectivity index (χ0n) is 11.0. The average Bonchev–Trinajstić information content (AvgIpc) is 2.17. The second-order valence-corrected chi connectivity index (χ2v) is 4.94. The third-order valence-corrected chi connectivity index (χ3v) is 2.78. The van der Waals surface area contributed by atoms with Crippen molar-refractivity contribution in [2.24, 2.45) is 11.7 Å². The van der Waals surface area contributed by atoms with Crippen LogP contribution in [0.2, 0.25) is 0 Å². The maximum atomic E-state index is 5.58. The van der Waals surface area contributed by atoms with Crippen LogP contribution in [0, 0.1) is 5.92 Å². The first kappa shape index (κ1) is 14.9. The second kappa shape index (κ2) is 9.13. The fraction of sp³-hybridized carbons (Fsp3) is 1.00. The SMILES string of the molecule is CC(CN)CCCN(C)CCCN(C)C. The summed E-state index contributed by atoms with van der Waals surface area (Å²) in [5.41, 5.74) is 5.58. The molecule has 3 heteroatoms. The van der Waals surface area contributed by atoms with Gasteiger partial charge in [-0.3, -0.25) is 0 Å². The molecule has 3 nitrogen and oxygen atoms in total. The maximum absolute atomic E-state index is 5.58. The normalized spacial score (nSPS) is 13.8. The van der Waals surface area contributed by atoms with Gasteiger partial charge in [-0.15, -0.1) is 0 Å². The molecule has 0 aromatic heterocycles. The van der Waals surface area contributed by atoms with Crippen LogP contribution in [0.25, 0.3) is 0 Å². The van der Waals surface area contributed by atoms with E-state index >= 15 is 0 Å². The van der Waals surface area contributed by atoms with E-state index in [9.17, 15) is 0 Å². The summed E-state index contributed by atoms with van der Waals surface area (Å²) >= 11 is 0. The third-order valence-electron chi connectivity index (χ3n) is 2.78. The van der Waals surface area contributed by atoms with Gasteiger partial charge < -0.3 is 15.5 Å². The number of hydrogen-bond donors (Lipinski definition) is 1. The summed E-state index contributed by atoms with van der Waals surface area (Å²) < 4.78 is 0. The summed E-state index contributed by atoms with van der Waals surface area (Å²) in [6, 6.07) is 0. The van der Waals surface area contributed by atoms with E-state index in [4.69, 9.17) is 5.73 Å². The fourth-order valence-corrected chi connectivity index (χ4v) is 1.60. The molecule has 2 N–H and O–H groups in total. The highest BCUT2D eigenvalue weighted by Crippen LogP contribution is 2.04. The summed E-state index contributed by atoms with van der Waals surface area (Å²) in [7, 11) is 6.47. The van der Waals surface area contributed by atoms with Crippen molar-refractivity contribution in [2.45, 2.75) is 26.2 Å². The molecule has 0 bridgehead atoms. The first-order valence-electron chi connectivity index (χ1n) is 6.09. The van der Waals surface area contributed by atoms with Crippen LogP contribution in [0.15, 0.2) is 0 Å². The molecule has 15 heavy (non-hydrogen) atoms. The Morgan fingerprint density at radius 3 is 2.13 bits per heavy atom. The molecule has 0 aliphatic rings. The van der Waals surface area contributed by atoms with Gasteiger partial charge in [0, 0.05) is 0 Å². The van der Waals surface area contributed by atoms with Crippen LogP contribution in [-0.4, -0.2) is 57.1 Å². The Labute approximate surface area is 95.6 Å². The van der Waals surface area contributed by atoms with E-state index in [0.29, 0.717) is 5.92 Å². The van der Waals surface area contributed by atoms with Gasteiger partial charge in [0.15, 0.2) is 0 Å². The zero-order valence-corrected chi connectivity index (χ0v) is 11.0. The highest BCUT2D eigenvalue weighted by molar-refractivity contribution is 4.58. The zero-order chi connectivity index (χ0) is 11.7. The first-order chi connectivity index (χ1) is 7.06. The van der Waals surface area contributed by atoms with Gasteiger partial charge >= 0.3 is 0 Å². The van der Waals surface area contributed by atoms with Crippen LogP contribution in [0.4, 0.5) is 0 Å². The lowest BCUT2D eigenvalue weighted by atomic mass is 10.1. The molecule has 0 aromatic carbocycles. The Morgan fingerprint density at radius 1 is 1.00 bits per heavy atom.